The number of rotatable bonds is 5. The molecule has 0 unspecified atom stereocenters. The van der Waals surface area contributed by atoms with E-state index in [1.165, 1.54) is 29.1 Å². The standard InChI is InChI=1S/C31H28N4O2S2/c32-26-24-21(18-11-5-3-6-12-18)17-22(19-13-7-4-8-14-19)34-30(24)39-27(26)29(37)35-31-25(28(33)36)20-15-9-1-2-10-16-23(20)38-31/h3-8,11-14,17H,1-2,9-10,15-16,32H2,(H2,33,36)(H,35,37). The van der Waals surface area contributed by atoms with Crippen molar-refractivity contribution in [3.8, 4) is 22.4 Å². The number of nitrogens with zero attached hydrogens (tertiary/aromatic N) is 1. The molecule has 196 valence electrons. The van der Waals surface area contributed by atoms with Crippen molar-refractivity contribution in [3.63, 3.8) is 0 Å². The van der Waals surface area contributed by atoms with Gasteiger partial charge >= 0.3 is 0 Å². The van der Waals surface area contributed by atoms with Gasteiger partial charge < -0.3 is 16.8 Å². The van der Waals surface area contributed by atoms with Crippen molar-refractivity contribution >= 4 is 55.4 Å². The van der Waals surface area contributed by atoms with Gasteiger partial charge in [0.25, 0.3) is 11.8 Å². The topological polar surface area (TPSA) is 111 Å². The Morgan fingerprint density at radius 3 is 2.21 bits per heavy atom. The Kier molecular flexibility index (Phi) is 6.89. The summed E-state index contributed by atoms with van der Waals surface area (Å²) in [5.41, 5.74) is 18.0. The molecule has 0 saturated heterocycles. The van der Waals surface area contributed by atoms with Crippen LogP contribution in [-0.4, -0.2) is 16.8 Å². The molecule has 3 heterocycles. The number of primary amides is 1. The van der Waals surface area contributed by atoms with Crippen LogP contribution in [0.3, 0.4) is 0 Å². The number of nitrogens with two attached hydrogens (primary N) is 2. The van der Waals surface area contributed by atoms with Gasteiger partial charge in [0.1, 0.15) is 14.7 Å². The number of hydrogen-bond donors (Lipinski definition) is 3. The highest BCUT2D eigenvalue weighted by Crippen LogP contribution is 2.42. The first-order chi connectivity index (χ1) is 19.0. The van der Waals surface area contributed by atoms with Crippen LogP contribution in [0.25, 0.3) is 32.6 Å². The summed E-state index contributed by atoms with van der Waals surface area (Å²) < 4.78 is 0. The first kappa shape index (κ1) is 25.3. The van der Waals surface area contributed by atoms with E-state index in [1.807, 2.05) is 66.7 Å². The molecular weight excluding hydrogens is 525 g/mol. The second-order valence-electron chi connectivity index (χ2n) is 9.75. The molecule has 0 saturated carbocycles. The molecule has 0 aliphatic heterocycles. The molecule has 3 aromatic heterocycles. The molecule has 5 aromatic rings. The Balaban J connectivity index is 1.45. The number of aryl methyl sites for hydroxylation is 1. The number of aromatic nitrogens is 1. The van der Waals surface area contributed by atoms with E-state index < -0.39 is 5.91 Å². The minimum atomic E-state index is -0.506. The van der Waals surface area contributed by atoms with E-state index >= 15 is 0 Å². The summed E-state index contributed by atoms with van der Waals surface area (Å²) in [7, 11) is 0. The molecule has 0 atom stereocenters. The second-order valence-corrected chi connectivity index (χ2v) is 11.9. The maximum atomic E-state index is 13.7. The van der Waals surface area contributed by atoms with Crippen molar-refractivity contribution in [3.05, 3.63) is 87.6 Å². The highest BCUT2D eigenvalue weighted by molar-refractivity contribution is 7.21. The average Bonchev–Trinajstić information content (AvgIpc) is 3.45. The predicted octanol–water partition coefficient (Wildman–Crippen LogP) is 7.28. The molecule has 5 N–H and O–H groups in total. The van der Waals surface area contributed by atoms with Gasteiger partial charge in [0.2, 0.25) is 0 Å². The molecule has 0 bridgehead atoms. The van der Waals surface area contributed by atoms with E-state index in [1.54, 1.807) is 0 Å². The zero-order valence-corrected chi connectivity index (χ0v) is 23.0. The Labute approximate surface area is 234 Å². The van der Waals surface area contributed by atoms with Gasteiger partial charge in [0, 0.05) is 15.8 Å². The summed E-state index contributed by atoms with van der Waals surface area (Å²) in [5, 5.41) is 4.26. The molecule has 1 aliphatic carbocycles. The van der Waals surface area contributed by atoms with E-state index in [-0.39, 0.29) is 5.91 Å². The summed E-state index contributed by atoms with van der Waals surface area (Å²) in [6.45, 7) is 0. The fourth-order valence-electron chi connectivity index (χ4n) is 5.32. The van der Waals surface area contributed by atoms with Crippen LogP contribution in [0.4, 0.5) is 10.7 Å². The third kappa shape index (κ3) is 4.82. The number of anilines is 2. The first-order valence-electron chi connectivity index (χ1n) is 13.1. The number of nitrogen functional groups attached to an aromatic ring is 1. The molecule has 0 radical (unpaired) electrons. The van der Waals surface area contributed by atoms with Crippen molar-refractivity contribution in [2.24, 2.45) is 5.73 Å². The van der Waals surface area contributed by atoms with Crippen molar-refractivity contribution < 1.29 is 9.59 Å². The van der Waals surface area contributed by atoms with Crippen molar-refractivity contribution in [1.29, 1.82) is 0 Å². The number of thiophene rings is 2. The normalized spacial score (nSPS) is 13.4. The summed E-state index contributed by atoms with van der Waals surface area (Å²) >= 11 is 2.73. The SMILES string of the molecule is NC(=O)c1c(NC(=O)c2sc3nc(-c4ccccc4)cc(-c4ccccc4)c3c2N)sc2c1CCCCCC2. The van der Waals surface area contributed by atoms with Gasteiger partial charge in [0.15, 0.2) is 0 Å². The highest BCUT2D eigenvalue weighted by Gasteiger charge is 2.27. The first-order valence-corrected chi connectivity index (χ1v) is 14.7. The quantitative estimate of drug-likeness (QED) is 0.213. The molecule has 6 rings (SSSR count). The molecule has 2 amide bonds. The summed E-state index contributed by atoms with van der Waals surface area (Å²) in [5.74, 6) is -0.860. The third-order valence-corrected chi connectivity index (χ3v) is 9.51. The van der Waals surface area contributed by atoms with Gasteiger partial charge in [-0.15, -0.1) is 22.7 Å². The lowest BCUT2D eigenvalue weighted by atomic mass is 9.96. The van der Waals surface area contributed by atoms with Crippen molar-refractivity contribution in [2.75, 3.05) is 11.1 Å². The highest BCUT2D eigenvalue weighted by atomic mass is 32.1. The lowest BCUT2D eigenvalue weighted by molar-refractivity contribution is 0.100. The van der Waals surface area contributed by atoms with Gasteiger partial charge in [-0.3, -0.25) is 9.59 Å². The Morgan fingerprint density at radius 1 is 0.846 bits per heavy atom. The Hall–Kier alpha value is -4.01. The van der Waals surface area contributed by atoms with Crippen LogP contribution in [0.1, 0.15) is 56.2 Å². The van der Waals surface area contributed by atoms with Gasteiger partial charge in [-0.2, -0.15) is 0 Å². The lowest BCUT2D eigenvalue weighted by Crippen LogP contribution is -2.18. The number of hydrogen-bond acceptors (Lipinski definition) is 6. The fraction of sp³-hybridized carbons (Fsp3) is 0.194. The molecule has 8 heteroatoms. The number of amides is 2. The van der Waals surface area contributed by atoms with E-state index in [0.29, 0.717) is 26.0 Å². The third-order valence-electron chi connectivity index (χ3n) is 7.20. The van der Waals surface area contributed by atoms with Crippen LogP contribution in [-0.2, 0) is 12.8 Å². The monoisotopic (exact) mass is 552 g/mol. The second kappa shape index (κ2) is 10.6. The summed E-state index contributed by atoms with van der Waals surface area (Å²) in [4.78, 5) is 33.3. The van der Waals surface area contributed by atoms with E-state index in [9.17, 15) is 9.59 Å². The van der Waals surface area contributed by atoms with E-state index in [0.717, 1.165) is 70.3 Å². The van der Waals surface area contributed by atoms with Crippen LogP contribution in [0.15, 0.2) is 66.7 Å². The van der Waals surface area contributed by atoms with Gasteiger partial charge in [-0.1, -0.05) is 73.5 Å². The average molecular weight is 553 g/mol. The zero-order valence-electron chi connectivity index (χ0n) is 21.3. The largest absolute Gasteiger partial charge is 0.397 e. The molecule has 0 fully saturated rings. The number of pyridine rings is 1. The minimum Gasteiger partial charge on any atom is -0.397 e. The van der Waals surface area contributed by atoms with Crippen LogP contribution in [0.2, 0.25) is 0 Å². The molecule has 1 aliphatic rings. The van der Waals surface area contributed by atoms with Crippen LogP contribution < -0.4 is 16.8 Å². The number of nitrogens with one attached hydrogen (secondary N) is 1. The van der Waals surface area contributed by atoms with Crippen molar-refractivity contribution in [2.45, 2.75) is 38.5 Å². The number of carbonyl (C=O) groups excluding carboxylic acids is 2. The number of fused-ring (bicyclic) bond motifs is 2. The van der Waals surface area contributed by atoms with Gasteiger partial charge in [-0.25, -0.2) is 4.98 Å². The molecule has 2 aromatic carbocycles. The van der Waals surface area contributed by atoms with Gasteiger partial charge in [0.05, 0.1) is 16.9 Å². The van der Waals surface area contributed by atoms with Crippen molar-refractivity contribution in [1.82, 2.24) is 4.98 Å². The molecule has 39 heavy (non-hydrogen) atoms. The number of carbonyl (C=O) groups is 2. The molecular formula is C31H28N4O2S2. The molecule has 6 nitrogen and oxygen atoms in total. The predicted molar refractivity (Wildman–Crippen MR) is 162 cm³/mol. The van der Waals surface area contributed by atoms with E-state index in [2.05, 4.69) is 5.32 Å². The Bertz CT molecular complexity index is 1690. The summed E-state index contributed by atoms with van der Waals surface area (Å²) in [6.07, 6.45) is 6.09. The maximum Gasteiger partial charge on any atom is 0.268 e. The van der Waals surface area contributed by atoms with Gasteiger partial charge in [-0.05, 0) is 48.4 Å². The van der Waals surface area contributed by atoms with Crippen LogP contribution in [0, 0.1) is 0 Å². The van der Waals surface area contributed by atoms with Crippen LogP contribution in [0.5, 0.6) is 0 Å². The molecule has 0 spiro atoms. The van der Waals surface area contributed by atoms with Crippen LogP contribution >= 0.6 is 22.7 Å². The minimum absolute atomic E-state index is 0.354. The number of benzene rings is 2. The maximum absolute atomic E-state index is 13.7. The zero-order chi connectivity index (χ0) is 26.9. The smallest absolute Gasteiger partial charge is 0.268 e. The van der Waals surface area contributed by atoms with E-state index in [4.69, 9.17) is 16.5 Å². The fourth-order valence-corrected chi connectivity index (χ4v) is 7.62. The Morgan fingerprint density at radius 2 is 1.51 bits per heavy atom. The lowest BCUT2D eigenvalue weighted by Gasteiger charge is -2.10. The summed E-state index contributed by atoms with van der Waals surface area (Å²) in [6, 6.07) is 22.0.